The maximum atomic E-state index is 11.4. The van der Waals surface area contributed by atoms with Crippen molar-refractivity contribution in [2.75, 3.05) is 27.3 Å². The molecule has 7 heteroatoms. The Balaban J connectivity index is 0.00000249. The summed E-state index contributed by atoms with van der Waals surface area (Å²) in [5, 5.41) is 4.00. The SMILES string of the molecule is CC.COC(=O)COC1(C)C=CC=CC(CN(C)/C=C(\C=C/C=O)c2c(C)noc2C)=C1. The number of methoxy groups -OCH3 is 1. The number of carbonyl (C=O) groups excluding carboxylic acids is 2. The van der Waals surface area contributed by atoms with E-state index in [0.29, 0.717) is 12.3 Å². The molecule has 7 nitrogen and oxygen atoms in total. The minimum absolute atomic E-state index is 0.135. The highest BCUT2D eigenvalue weighted by Gasteiger charge is 2.22. The van der Waals surface area contributed by atoms with Crippen molar-refractivity contribution in [3.63, 3.8) is 0 Å². The minimum atomic E-state index is -0.737. The molecule has 1 aliphatic carbocycles. The van der Waals surface area contributed by atoms with Crippen LogP contribution in [0.5, 0.6) is 0 Å². The maximum Gasteiger partial charge on any atom is 0.331 e. The number of likely N-dealkylation sites (N-methyl/N-ethyl adjacent to an activating group) is 1. The highest BCUT2D eigenvalue weighted by Crippen LogP contribution is 2.25. The van der Waals surface area contributed by atoms with Gasteiger partial charge in [0.2, 0.25) is 0 Å². The molecule has 0 N–H and O–H groups in total. The quantitative estimate of drug-likeness (QED) is 0.243. The first-order valence-electron chi connectivity index (χ1n) is 10.5. The standard InChI is InChI=1S/C23H28N2O5.C2H6/c1-17-22(18(2)30-24-17)20(10-8-12-26)15-25(4)14-19-9-6-7-11-23(3,13-19)29-16-21(27)28-5;1-2/h6-13,15H,14,16H2,1-5H3;1-2H3/b10-8-,20-15+;. The summed E-state index contributed by atoms with van der Waals surface area (Å²) in [5.41, 5.74) is 2.70. The van der Waals surface area contributed by atoms with Gasteiger partial charge in [-0.25, -0.2) is 4.79 Å². The predicted molar refractivity (Wildman–Crippen MR) is 126 cm³/mol. The summed E-state index contributed by atoms with van der Waals surface area (Å²) in [6, 6.07) is 0. The van der Waals surface area contributed by atoms with Crippen LogP contribution in [0.1, 0.15) is 37.8 Å². The van der Waals surface area contributed by atoms with E-state index in [4.69, 9.17) is 9.26 Å². The van der Waals surface area contributed by atoms with Gasteiger partial charge in [-0.2, -0.15) is 0 Å². The first-order chi connectivity index (χ1) is 15.3. The number of carbonyl (C=O) groups is 2. The van der Waals surface area contributed by atoms with Gasteiger partial charge in [0, 0.05) is 30.9 Å². The van der Waals surface area contributed by atoms with Crippen molar-refractivity contribution in [3.05, 3.63) is 71.3 Å². The molecule has 0 radical (unpaired) electrons. The summed E-state index contributed by atoms with van der Waals surface area (Å²) >= 11 is 0. The molecular weight excluding hydrogens is 408 g/mol. The molecule has 1 aromatic heterocycles. The van der Waals surface area contributed by atoms with E-state index in [2.05, 4.69) is 9.89 Å². The molecule has 2 rings (SSSR count). The number of aldehydes is 1. The van der Waals surface area contributed by atoms with E-state index < -0.39 is 11.6 Å². The Morgan fingerprint density at radius 3 is 2.59 bits per heavy atom. The van der Waals surface area contributed by atoms with Crippen LogP contribution in [0.15, 0.2) is 58.8 Å². The van der Waals surface area contributed by atoms with Gasteiger partial charge >= 0.3 is 5.97 Å². The summed E-state index contributed by atoms with van der Waals surface area (Å²) in [7, 11) is 3.27. The van der Waals surface area contributed by atoms with Crippen molar-refractivity contribution < 1.29 is 23.6 Å². The average Bonchev–Trinajstić information content (AvgIpc) is 2.99. The van der Waals surface area contributed by atoms with Gasteiger partial charge in [0.15, 0.2) is 0 Å². The number of aryl methyl sites for hydroxylation is 2. The first kappa shape index (κ1) is 26.8. The lowest BCUT2D eigenvalue weighted by Gasteiger charge is -2.24. The number of nitrogens with zero attached hydrogens (tertiary/aromatic N) is 2. The molecule has 0 saturated heterocycles. The van der Waals surface area contributed by atoms with Crippen LogP contribution in [-0.2, 0) is 19.1 Å². The summed E-state index contributed by atoms with van der Waals surface area (Å²) < 4.78 is 15.7. The summed E-state index contributed by atoms with van der Waals surface area (Å²) in [6.07, 6.45) is 15.5. The monoisotopic (exact) mass is 442 g/mol. The van der Waals surface area contributed by atoms with E-state index in [-0.39, 0.29) is 6.61 Å². The third-order valence-electron chi connectivity index (χ3n) is 4.52. The van der Waals surface area contributed by atoms with E-state index in [1.807, 2.05) is 83.1 Å². The normalized spacial score (nSPS) is 18.0. The van der Waals surface area contributed by atoms with Gasteiger partial charge in [-0.15, -0.1) is 0 Å². The van der Waals surface area contributed by atoms with Gasteiger partial charge in [0.1, 0.15) is 24.3 Å². The molecule has 1 atom stereocenters. The highest BCUT2D eigenvalue weighted by molar-refractivity contribution is 5.80. The fourth-order valence-corrected chi connectivity index (χ4v) is 3.15. The molecule has 0 amide bonds. The van der Waals surface area contributed by atoms with E-state index in [9.17, 15) is 9.59 Å². The second kappa shape index (κ2) is 13.3. The van der Waals surface area contributed by atoms with Gasteiger partial charge in [0.05, 0.1) is 12.8 Å². The number of ether oxygens (including phenoxy) is 2. The Morgan fingerprint density at radius 2 is 2.00 bits per heavy atom. The average molecular weight is 443 g/mol. The fraction of sp³-hybridized carbons (Fsp3) is 0.400. The molecule has 0 saturated carbocycles. The van der Waals surface area contributed by atoms with Crippen LogP contribution in [0, 0.1) is 13.8 Å². The lowest BCUT2D eigenvalue weighted by Crippen LogP contribution is -2.28. The number of hydrogen-bond acceptors (Lipinski definition) is 7. The van der Waals surface area contributed by atoms with Crippen LogP contribution < -0.4 is 0 Å². The zero-order valence-corrected chi connectivity index (χ0v) is 20.0. The molecule has 0 aromatic carbocycles. The Labute approximate surface area is 190 Å². The number of allylic oxidation sites excluding steroid dienone is 5. The van der Waals surface area contributed by atoms with Gasteiger partial charge in [-0.05, 0) is 50.6 Å². The minimum Gasteiger partial charge on any atom is -0.467 e. The maximum absolute atomic E-state index is 11.4. The number of aromatic nitrogens is 1. The Kier molecular flexibility index (Phi) is 11.1. The molecule has 174 valence electrons. The van der Waals surface area contributed by atoms with Crippen molar-refractivity contribution in [2.24, 2.45) is 0 Å². The summed E-state index contributed by atoms with van der Waals surface area (Å²) in [4.78, 5) is 24.3. The van der Waals surface area contributed by atoms with Crippen molar-refractivity contribution in [1.82, 2.24) is 10.1 Å². The van der Waals surface area contributed by atoms with E-state index in [0.717, 1.165) is 28.7 Å². The van der Waals surface area contributed by atoms with Gasteiger partial charge in [-0.1, -0.05) is 37.2 Å². The topological polar surface area (TPSA) is 81.9 Å². The molecule has 1 aliphatic rings. The molecule has 1 unspecified atom stereocenters. The Hall–Kier alpha value is -3.19. The molecule has 0 aliphatic heterocycles. The van der Waals surface area contributed by atoms with Crippen LogP contribution >= 0.6 is 0 Å². The van der Waals surface area contributed by atoms with Crippen molar-refractivity contribution >= 4 is 17.8 Å². The van der Waals surface area contributed by atoms with Crippen molar-refractivity contribution in [2.45, 2.75) is 40.2 Å². The predicted octanol–water partition coefficient (Wildman–Crippen LogP) is 4.35. The third-order valence-corrected chi connectivity index (χ3v) is 4.52. The van der Waals surface area contributed by atoms with Crippen LogP contribution in [-0.4, -0.2) is 55.2 Å². The largest absolute Gasteiger partial charge is 0.467 e. The summed E-state index contributed by atoms with van der Waals surface area (Å²) in [5.74, 6) is 0.257. The van der Waals surface area contributed by atoms with Gasteiger partial charge in [-0.3, -0.25) is 4.79 Å². The fourth-order valence-electron chi connectivity index (χ4n) is 3.15. The number of hydrogen-bond donors (Lipinski definition) is 0. The van der Waals surface area contributed by atoms with Gasteiger partial charge in [0.25, 0.3) is 0 Å². The van der Waals surface area contributed by atoms with Crippen molar-refractivity contribution in [3.8, 4) is 0 Å². The lowest BCUT2D eigenvalue weighted by molar-refractivity contribution is -0.148. The lowest BCUT2D eigenvalue weighted by atomic mass is 10.0. The van der Waals surface area contributed by atoms with Crippen LogP contribution in [0.4, 0.5) is 0 Å². The van der Waals surface area contributed by atoms with E-state index in [1.165, 1.54) is 13.2 Å². The summed E-state index contributed by atoms with van der Waals surface area (Å²) in [6.45, 7) is 10.0. The molecule has 0 fully saturated rings. The van der Waals surface area contributed by atoms with Crippen LogP contribution in [0.3, 0.4) is 0 Å². The number of esters is 1. The van der Waals surface area contributed by atoms with Crippen LogP contribution in [0.25, 0.3) is 5.57 Å². The molecule has 0 bridgehead atoms. The Bertz CT molecular complexity index is 901. The van der Waals surface area contributed by atoms with E-state index in [1.54, 1.807) is 6.08 Å². The smallest absolute Gasteiger partial charge is 0.331 e. The molecular formula is C25H34N2O5. The van der Waals surface area contributed by atoms with Crippen molar-refractivity contribution in [1.29, 1.82) is 0 Å². The first-order valence-corrected chi connectivity index (χ1v) is 10.5. The van der Waals surface area contributed by atoms with Crippen LogP contribution in [0.2, 0.25) is 0 Å². The third kappa shape index (κ3) is 8.15. The van der Waals surface area contributed by atoms with Gasteiger partial charge < -0.3 is 18.9 Å². The zero-order chi connectivity index (χ0) is 24.1. The second-order valence-electron chi connectivity index (χ2n) is 7.18. The molecule has 0 spiro atoms. The van der Waals surface area contributed by atoms with E-state index >= 15 is 0 Å². The Morgan fingerprint density at radius 1 is 1.28 bits per heavy atom. The highest BCUT2D eigenvalue weighted by atomic mass is 16.6. The number of rotatable bonds is 9. The zero-order valence-electron chi connectivity index (χ0n) is 20.0. The molecule has 32 heavy (non-hydrogen) atoms. The second-order valence-corrected chi connectivity index (χ2v) is 7.18. The molecule has 1 aromatic rings. The molecule has 1 heterocycles.